The standard InChI is InChI=1S/C17H18N2O2S/c1-22-16-13(6-4-10-18-16)15(20)19-11-17(21)9-8-12-5-2-3-7-14(12)17/h2-7,10,21H,8-9,11H2,1H3,(H,19,20). The van der Waals surface area contributed by atoms with E-state index in [-0.39, 0.29) is 12.5 Å². The van der Waals surface area contributed by atoms with E-state index in [1.54, 1.807) is 18.3 Å². The molecule has 0 fully saturated rings. The molecule has 114 valence electrons. The van der Waals surface area contributed by atoms with Crippen LogP contribution in [0, 0.1) is 0 Å². The number of benzene rings is 1. The number of rotatable bonds is 4. The SMILES string of the molecule is CSc1ncccc1C(=O)NCC1(O)CCc2ccccc21. The van der Waals surface area contributed by atoms with Gasteiger partial charge in [-0.2, -0.15) is 0 Å². The minimum absolute atomic E-state index is 0.199. The number of aliphatic hydroxyl groups is 1. The third-order valence-electron chi connectivity index (χ3n) is 4.08. The quantitative estimate of drug-likeness (QED) is 0.851. The molecule has 1 aromatic carbocycles. The van der Waals surface area contributed by atoms with Gasteiger partial charge < -0.3 is 10.4 Å². The van der Waals surface area contributed by atoms with Gasteiger partial charge in [0.2, 0.25) is 0 Å². The van der Waals surface area contributed by atoms with Crippen LogP contribution < -0.4 is 5.32 Å². The molecule has 4 nitrogen and oxygen atoms in total. The van der Waals surface area contributed by atoms with Crippen LogP contribution in [0.5, 0.6) is 0 Å². The molecule has 1 aliphatic carbocycles. The van der Waals surface area contributed by atoms with E-state index in [1.807, 2.05) is 30.5 Å². The number of thioether (sulfide) groups is 1. The van der Waals surface area contributed by atoms with E-state index in [1.165, 1.54) is 11.8 Å². The zero-order valence-electron chi connectivity index (χ0n) is 12.4. The van der Waals surface area contributed by atoms with Crippen molar-refractivity contribution >= 4 is 17.7 Å². The summed E-state index contributed by atoms with van der Waals surface area (Å²) in [6.07, 6.45) is 5.03. The van der Waals surface area contributed by atoms with Crippen molar-refractivity contribution in [3.63, 3.8) is 0 Å². The Labute approximate surface area is 134 Å². The molecule has 0 aliphatic heterocycles. The Kier molecular flexibility index (Phi) is 4.18. The zero-order chi connectivity index (χ0) is 15.6. The first-order valence-electron chi connectivity index (χ1n) is 7.22. The molecule has 0 saturated heterocycles. The van der Waals surface area contributed by atoms with E-state index in [4.69, 9.17) is 0 Å². The minimum Gasteiger partial charge on any atom is -0.383 e. The van der Waals surface area contributed by atoms with Gasteiger partial charge in [-0.3, -0.25) is 4.79 Å². The highest BCUT2D eigenvalue weighted by atomic mass is 32.2. The molecule has 1 aliphatic rings. The Morgan fingerprint density at radius 3 is 3.00 bits per heavy atom. The third-order valence-corrected chi connectivity index (χ3v) is 4.79. The van der Waals surface area contributed by atoms with Crippen molar-refractivity contribution in [2.24, 2.45) is 0 Å². The van der Waals surface area contributed by atoms with Crippen LogP contribution in [0.2, 0.25) is 0 Å². The van der Waals surface area contributed by atoms with Gasteiger partial charge in [0.25, 0.3) is 5.91 Å². The second-order valence-electron chi connectivity index (χ2n) is 5.43. The lowest BCUT2D eigenvalue weighted by Crippen LogP contribution is -2.39. The largest absolute Gasteiger partial charge is 0.383 e. The van der Waals surface area contributed by atoms with Crippen LogP contribution in [0.25, 0.3) is 0 Å². The molecule has 0 radical (unpaired) electrons. The number of nitrogens with zero attached hydrogens (tertiary/aromatic N) is 1. The first-order valence-corrected chi connectivity index (χ1v) is 8.44. The van der Waals surface area contributed by atoms with Gasteiger partial charge in [0.05, 0.1) is 12.1 Å². The lowest BCUT2D eigenvalue weighted by Gasteiger charge is -2.24. The van der Waals surface area contributed by atoms with Gasteiger partial charge in [-0.25, -0.2) is 4.98 Å². The highest BCUT2D eigenvalue weighted by molar-refractivity contribution is 7.98. The van der Waals surface area contributed by atoms with Crippen LogP contribution in [-0.4, -0.2) is 28.8 Å². The Balaban J connectivity index is 1.74. The smallest absolute Gasteiger partial charge is 0.254 e. The lowest BCUT2D eigenvalue weighted by molar-refractivity contribution is 0.0369. The topological polar surface area (TPSA) is 62.2 Å². The first kappa shape index (κ1) is 15.1. The van der Waals surface area contributed by atoms with Gasteiger partial charge >= 0.3 is 0 Å². The average molecular weight is 314 g/mol. The van der Waals surface area contributed by atoms with Crippen molar-refractivity contribution in [3.05, 3.63) is 59.3 Å². The van der Waals surface area contributed by atoms with E-state index in [9.17, 15) is 9.90 Å². The van der Waals surface area contributed by atoms with Gasteiger partial charge in [-0.05, 0) is 42.4 Å². The van der Waals surface area contributed by atoms with Gasteiger partial charge in [-0.1, -0.05) is 24.3 Å². The summed E-state index contributed by atoms with van der Waals surface area (Å²) in [4.78, 5) is 16.6. The fourth-order valence-corrected chi connectivity index (χ4v) is 3.45. The molecule has 2 N–H and O–H groups in total. The molecule has 1 atom stereocenters. The number of amides is 1. The number of aromatic nitrogens is 1. The van der Waals surface area contributed by atoms with Gasteiger partial charge in [0.1, 0.15) is 10.6 Å². The molecule has 1 heterocycles. The molecular formula is C17H18N2O2S. The Morgan fingerprint density at radius 1 is 1.36 bits per heavy atom. The second kappa shape index (κ2) is 6.10. The van der Waals surface area contributed by atoms with Crippen LogP contribution in [0.15, 0.2) is 47.6 Å². The second-order valence-corrected chi connectivity index (χ2v) is 6.23. The van der Waals surface area contributed by atoms with Crippen LogP contribution in [-0.2, 0) is 12.0 Å². The fourth-order valence-electron chi connectivity index (χ4n) is 2.90. The van der Waals surface area contributed by atoms with Crippen molar-refractivity contribution in [2.45, 2.75) is 23.5 Å². The highest BCUT2D eigenvalue weighted by Gasteiger charge is 2.36. The highest BCUT2D eigenvalue weighted by Crippen LogP contribution is 2.36. The maximum atomic E-state index is 12.4. The van der Waals surface area contributed by atoms with Crippen LogP contribution in [0.4, 0.5) is 0 Å². The number of nitrogens with one attached hydrogen (secondary N) is 1. The predicted octanol–water partition coefficient (Wildman–Crippen LogP) is 2.37. The van der Waals surface area contributed by atoms with E-state index in [0.717, 1.165) is 17.5 Å². The number of aryl methyl sites for hydroxylation is 1. The fraction of sp³-hybridized carbons (Fsp3) is 0.294. The summed E-state index contributed by atoms with van der Waals surface area (Å²) in [5, 5.41) is 14.4. The Morgan fingerprint density at radius 2 is 2.18 bits per heavy atom. The van der Waals surface area contributed by atoms with E-state index < -0.39 is 5.60 Å². The summed E-state index contributed by atoms with van der Waals surface area (Å²) in [5.41, 5.74) is 1.65. The number of carbonyl (C=O) groups excluding carboxylic acids is 1. The van der Waals surface area contributed by atoms with Crippen LogP contribution in [0.3, 0.4) is 0 Å². The number of pyridine rings is 1. The summed E-state index contributed by atoms with van der Waals surface area (Å²) >= 11 is 1.44. The van der Waals surface area contributed by atoms with Gasteiger partial charge in [0, 0.05) is 6.20 Å². The molecule has 2 aromatic rings. The molecule has 0 saturated carbocycles. The average Bonchev–Trinajstić information content (AvgIpc) is 2.91. The maximum absolute atomic E-state index is 12.4. The predicted molar refractivity (Wildman–Crippen MR) is 87.0 cm³/mol. The number of hydrogen-bond donors (Lipinski definition) is 2. The van der Waals surface area contributed by atoms with Crippen molar-refractivity contribution in [2.75, 3.05) is 12.8 Å². The number of carbonyl (C=O) groups is 1. The number of hydrogen-bond acceptors (Lipinski definition) is 4. The van der Waals surface area contributed by atoms with Crippen molar-refractivity contribution in [1.29, 1.82) is 0 Å². The summed E-state index contributed by atoms with van der Waals surface area (Å²) in [6.45, 7) is 0.214. The van der Waals surface area contributed by atoms with Crippen molar-refractivity contribution < 1.29 is 9.90 Å². The molecule has 1 amide bonds. The molecule has 0 spiro atoms. The molecule has 3 rings (SSSR count). The minimum atomic E-state index is -0.978. The summed E-state index contributed by atoms with van der Waals surface area (Å²) in [7, 11) is 0. The molecule has 1 unspecified atom stereocenters. The van der Waals surface area contributed by atoms with Crippen LogP contribution in [0.1, 0.15) is 27.9 Å². The normalized spacial score (nSPS) is 19.7. The summed E-state index contributed by atoms with van der Waals surface area (Å²) < 4.78 is 0. The summed E-state index contributed by atoms with van der Waals surface area (Å²) in [6, 6.07) is 11.4. The Bertz CT molecular complexity index is 705. The molecule has 5 heteroatoms. The third kappa shape index (κ3) is 2.74. The number of fused-ring (bicyclic) bond motifs is 1. The van der Waals surface area contributed by atoms with Crippen molar-refractivity contribution in [1.82, 2.24) is 10.3 Å². The maximum Gasteiger partial charge on any atom is 0.254 e. The van der Waals surface area contributed by atoms with Gasteiger partial charge in [0.15, 0.2) is 0 Å². The Hall–Kier alpha value is -1.85. The van der Waals surface area contributed by atoms with Crippen molar-refractivity contribution in [3.8, 4) is 0 Å². The first-order chi connectivity index (χ1) is 10.6. The molecule has 22 heavy (non-hydrogen) atoms. The van der Waals surface area contributed by atoms with E-state index in [0.29, 0.717) is 17.0 Å². The molecule has 1 aromatic heterocycles. The monoisotopic (exact) mass is 314 g/mol. The van der Waals surface area contributed by atoms with Gasteiger partial charge in [-0.15, -0.1) is 11.8 Å². The molecular weight excluding hydrogens is 296 g/mol. The zero-order valence-corrected chi connectivity index (χ0v) is 13.2. The summed E-state index contributed by atoms with van der Waals surface area (Å²) in [5.74, 6) is -0.199. The lowest BCUT2D eigenvalue weighted by atomic mass is 9.96. The van der Waals surface area contributed by atoms with E-state index in [2.05, 4.69) is 10.3 Å². The van der Waals surface area contributed by atoms with E-state index >= 15 is 0 Å². The molecule has 0 bridgehead atoms. The van der Waals surface area contributed by atoms with Crippen LogP contribution >= 0.6 is 11.8 Å².